The Labute approximate surface area is 140 Å². The van der Waals surface area contributed by atoms with Gasteiger partial charge in [0, 0.05) is 32.1 Å². The third-order valence-electron chi connectivity index (χ3n) is 4.17. The van der Waals surface area contributed by atoms with Crippen LogP contribution in [0.3, 0.4) is 0 Å². The van der Waals surface area contributed by atoms with E-state index in [2.05, 4.69) is 15.4 Å². The van der Waals surface area contributed by atoms with Crippen LogP contribution in [0, 0.1) is 0 Å². The number of hydrogen-bond donors (Lipinski definition) is 1. The van der Waals surface area contributed by atoms with Gasteiger partial charge in [0.15, 0.2) is 0 Å². The van der Waals surface area contributed by atoms with Crippen molar-refractivity contribution < 1.29 is 9.59 Å². The summed E-state index contributed by atoms with van der Waals surface area (Å²) in [6, 6.07) is 5.79. The lowest BCUT2D eigenvalue weighted by Gasteiger charge is -2.25. The van der Waals surface area contributed by atoms with E-state index in [0.717, 1.165) is 30.6 Å². The van der Waals surface area contributed by atoms with Crippen molar-refractivity contribution in [2.45, 2.75) is 38.9 Å². The number of aromatic nitrogens is 3. The molecule has 0 aliphatic carbocycles. The number of nitrogens with zero attached hydrogens (tertiary/aromatic N) is 4. The molecular weight excluding hydrogens is 306 g/mol. The first kappa shape index (κ1) is 16.2. The fourth-order valence-corrected chi connectivity index (χ4v) is 3.05. The van der Waals surface area contributed by atoms with Gasteiger partial charge in [0.1, 0.15) is 6.54 Å². The molecule has 1 aliphatic heterocycles. The third-order valence-corrected chi connectivity index (χ3v) is 4.17. The normalized spacial score (nSPS) is 17.0. The first-order valence-electron chi connectivity index (χ1n) is 8.09. The van der Waals surface area contributed by atoms with Gasteiger partial charge >= 0.3 is 0 Å². The van der Waals surface area contributed by atoms with Gasteiger partial charge in [-0.1, -0.05) is 0 Å². The molecule has 1 atom stereocenters. The summed E-state index contributed by atoms with van der Waals surface area (Å²) in [5, 5.41) is 6.85. The molecule has 0 spiro atoms. The summed E-state index contributed by atoms with van der Waals surface area (Å²) in [5.41, 5.74) is 1.87. The molecule has 7 nitrogen and oxygen atoms in total. The first-order valence-corrected chi connectivity index (χ1v) is 8.09. The Hall–Kier alpha value is -2.70. The first-order chi connectivity index (χ1) is 11.6. The minimum atomic E-state index is -0.0842. The fraction of sp³-hybridized carbons (Fsp3) is 0.412. The fourth-order valence-electron chi connectivity index (χ4n) is 3.05. The van der Waals surface area contributed by atoms with Crippen molar-refractivity contribution >= 4 is 11.8 Å². The van der Waals surface area contributed by atoms with Crippen LogP contribution in [0.25, 0.3) is 0 Å². The lowest BCUT2D eigenvalue weighted by atomic mass is 10.0. The molecule has 1 fully saturated rings. The number of rotatable bonds is 5. The quantitative estimate of drug-likeness (QED) is 0.897. The van der Waals surface area contributed by atoms with Crippen molar-refractivity contribution in [1.29, 1.82) is 0 Å². The Balaban J connectivity index is 1.71. The Bertz CT molecular complexity index is 714. The summed E-state index contributed by atoms with van der Waals surface area (Å²) in [6.45, 7) is 2.90. The molecule has 0 unspecified atom stereocenters. The van der Waals surface area contributed by atoms with Gasteiger partial charge in [0.2, 0.25) is 11.8 Å². The average molecular weight is 327 g/mol. The number of nitrogens with one attached hydrogen (secondary N) is 1. The second-order valence-electron chi connectivity index (χ2n) is 5.94. The predicted molar refractivity (Wildman–Crippen MR) is 87.7 cm³/mol. The van der Waals surface area contributed by atoms with E-state index in [-0.39, 0.29) is 24.4 Å². The van der Waals surface area contributed by atoms with Crippen molar-refractivity contribution in [3.63, 3.8) is 0 Å². The van der Waals surface area contributed by atoms with Crippen LogP contribution in [0.5, 0.6) is 0 Å². The molecule has 2 aromatic heterocycles. The molecule has 1 saturated heterocycles. The van der Waals surface area contributed by atoms with E-state index in [4.69, 9.17) is 0 Å². The molecule has 1 aliphatic rings. The molecule has 2 aromatic rings. The molecule has 1 N–H and O–H groups in total. The molecule has 24 heavy (non-hydrogen) atoms. The standard InChI is InChI=1S/C17H21N5O2/c1-13(23)19-11-15-10-14(5-7-18-15)16-4-2-9-22(16)17(24)12-21-8-3-6-20-21/h3,5-8,10,16H,2,4,9,11-12H2,1H3,(H,19,23)/t16-/m1/s1. The second kappa shape index (κ2) is 7.25. The molecule has 0 aromatic carbocycles. The van der Waals surface area contributed by atoms with Crippen LogP contribution >= 0.6 is 0 Å². The number of carbonyl (C=O) groups is 2. The van der Waals surface area contributed by atoms with Gasteiger partial charge < -0.3 is 10.2 Å². The highest BCUT2D eigenvalue weighted by Gasteiger charge is 2.30. The van der Waals surface area contributed by atoms with Gasteiger partial charge in [-0.2, -0.15) is 5.10 Å². The van der Waals surface area contributed by atoms with E-state index < -0.39 is 0 Å². The van der Waals surface area contributed by atoms with Crippen molar-refractivity contribution in [3.8, 4) is 0 Å². The number of pyridine rings is 1. The van der Waals surface area contributed by atoms with Crippen LogP contribution < -0.4 is 5.32 Å². The summed E-state index contributed by atoms with van der Waals surface area (Å²) >= 11 is 0. The topological polar surface area (TPSA) is 80.1 Å². The zero-order valence-corrected chi connectivity index (χ0v) is 13.7. The van der Waals surface area contributed by atoms with Gasteiger partial charge in [-0.05, 0) is 36.6 Å². The lowest BCUT2D eigenvalue weighted by Crippen LogP contribution is -2.33. The summed E-state index contributed by atoms with van der Waals surface area (Å²) in [6.07, 6.45) is 7.13. The van der Waals surface area contributed by atoms with Gasteiger partial charge in [-0.15, -0.1) is 0 Å². The predicted octanol–water partition coefficient (Wildman–Crippen LogP) is 1.28. The molecule has 126 valence electrons. The van der Waals surface area contributed by atoms with Gasteiger partial charge in [0.05, 0.1) is 18.3 Å². The molecule has 0 saturated carbocycles. The van der Waals surface area contributed by atoms with Gasteiger partial charge in [-0.3, -0.25) is 19.3 Å². The highest BCUT2D eigenvalue weighted by molar-refractivity contribution is 5.76. The van der Waals surface area contributed by atoms with Gasteiger partial charge in [-0.25, -0.2) is 0 Å². The SMILES string of the molecule is CC(=O)NCc1cc([C@H]2CCCN2C(=O)Cn2cccn2)ccn1. The highest BCUT2D eigenvalue weighted by Crippen LogP contribution is 2.32. The maximum atomic E-state index is 12.6. The largest absolute Gasteiger partial charge is 0.351 e. The Morgan fingerprint density at radius 3 is 3.00 bits per heavy atom. The Morgan fingerprint density at radius 2 is 2.25 bits per heavy atom. The monoisotopic (exact) mass is 327 g/mol. The van der Waals surface area contributed by atoms with E-state index >= 15 is 0 Å². The summed E-state index contributed by atoms with van der Waals surface area (Å²) in [5.74, 6) is -0.0134. The maximum absolute atomic E-state index is 12.6. The van der Waals surface area contributed by atoms with E-state index in [1.807, 2.05) is 23.1 Å². The summed E-state index contributed by atoms with van der Waals surface area (Å²) < 4.78 is 1.65. The van der Waals surface area contributed by atoms with E-state index in [1.54, 1.807) is 23.3 Å². The summed E-state index contributed by atoms with van der Waals surface area (Å²) in [4.78, 5) is 29.8. The number of carbonyl (C=O) groups excluding carboxylic acids is 2. The highest BCUT2D eigenvalue weighted by atomic mass is 16.2. The van der Waals surface area contributed by atoms with Crippen LogP contribution in [-0.2, 0) is 22.7 Å². The Morgan fingerprint density at radius 1 is 1.38 bits per heavy atom. The van der Waals surface area contributed by atoms with Crippen LogP contribution in [0.1, 0.15) is 37.1 Å². The van der Waals surface area contributed by atoms with Gasteiger partial charge in [0.25, 0.3) is 0 Å². The minimum Gasteiger partial charge on any atom is -0.351 e. The zero-order chi connectivity index (χ0) is 16.9. The van der Waals surface area contributed by atoms with E-state index in [1.165, 1.54) is 6.92 Å². The molecule has 0 bridgehead atoms. The Kier molecular flexibility index (Phi) is 4.88. The molecule has 3 heterocycles. The molecular formula is C17H21N5O2. The van der Waals surface area contributed by atoms with Crippen LogP contribution in [0.4, 0.5) is 0 Å². The number of hydrogen-bond acceptors (Lipinski definition) is 4. The smallest absolute Gasteiger partial charge is 0.244 e. The lowest BCUT2D eigenvalue weighted by molar-refractivity contribution is -0.133. The minimum absolute atomic E-state index is 0.0622. The van der Waals surface area contributed by atoms with Crippen molar-refractivity contribution in [2.24, 2.45) is 0 Å². The number of amides is 2. The van der Waals surface area contributed by atoms with E-state index in [0.29, 0.717) is 6.54 Å². The molecule has 7 heteroatoms. The zero-order valence-electron chi connectivity index (χ0n) is 13.7. The van der Waals surface area contributed by atoms with Crippen LogP contribution in [0.2, 0.25) is 0 Å². The third kappa shape index (κ3) is 3.79. The van der Waals surface area contributed by atoms with Crippen molar-refractivity contribution in [3.05, 3.63) is 48.0 Å². The van der Waals surface area contributed by atoms with Crippen LogP contribution in [-0.4, -0.2) is 38.0 Å². The maximum Gasteiger partial charge on any atom is 0.244 e. The van der Waals surface area contributed by atoms with Crippen molar-refractivity contribution in [2.75, 3.05) is 6.54 Å². The summed E-state index contributed by atoms with van der Waals surface area (Å²) in [7, 11) is 0. The molecule has 2 amide bonds. The number of likely N-dealkylation sites (tertiary alicyclic amines) is 1. The van der Waals surface area contributed by atoms with Crippen LogP contribution in [0.15, 0.2) is 36.8 Å². The second-order valence-corrected chi connectivity index (χ2v) is 5.94. The van der Waals surface area contributed by atoms with E-state index in [9.17, 15) is 9.59 Å². The van der Waals surface area contributed by atoms with Crippen molar-refractivity contribution in [1.82, 2.24) is 25.0 Å². The average Bonchev–Trinajstić information content (AvgIpc) is 3.24. The molecule has 3 rings (SSSR count). The molecule has 0 radical (unpaired) electrons.